The number of methoxy groups -OCH3 is 2. The summed E-state index contributed by atoms with van der Waals surface area (Å²) in [7, 11) is 2.91. The van der Waals surface area contributed by atoms with Crippen molar-refractivity contribution in [3.05, 3.63) is 52.3 Å². The third-order valence-corrected chi connectivity index (χ3v) is 5.92. The first kappa shape index (κ1) is 23.2. The Bertz CT molecular complexity index is 1270. The first-order valence-corrected chi connectivity index (χ1v) is 11.1. The van der Waals surface area contributed by atoms with Gasteiger partial charge in [-0.25, -0.2) is 4.79 Å². The van der Waals surface area contributed by atoms with Gasteiger partial charge in [0.25, 0.3) is 5.56 Å². The summed E-state index contributed by atoms with van der Waals surface area (Å²) in [6.07, 6.45) is 4.74. The van der Waals surface area contributed by atoms with Crippen LogP contribution >= 0.6 is 0 Å². The zero-order valence-corrected chi connectivity index (χ0v) is 19.1. The van der Waals surface area contributed by atoms with Crippen LogP contribution in [0.1, 0.15) is 42.5 Å². The van der Waals surface area contributed by atoms with Crippen molar-refractivity contribution >= 4 is 28.5 Å². The van der Waals surface area contributed by atoms with E-state index < -0.39 is 18.3 Å². The standard InChI is InChI=1S/C24H26N4O6/c1-32-20-12-17(19(13-21(20)33-2)25-22(29)15-8-4-3-5-9-15)24(31)34-14-28-23(30)16-10-6-7-11-18(16)26-27-28/h6-7,10-13,15H,3-5,8-9,14H2,1-2H3,(H,25,29). The average Bonchev–Trinajstić information content (AvgIpc) is 2.88. The van der Waals surface area contributed by atoms with Gasteiger partial charge in [0.1, 0.15) is 5.52 Å². The fourth-order valence-corrected chi connectivity index (χ4v) is 4.06. The van der Waals surface area contributed by atoms with Crippen LogP contribution in [0.2, 0.25) is 0 Å². The minimum atomic E-state index is -0.762. The molecule has 0 aliphatic heterocycles. The zero-order valence-electron chi connectivity index (χ0n) is 19.1. The molecule has 0 spiro atoms. The number of amides is 1. The third kappa shape index (κ3) is 4.85. The Balaban J connectivity index is 1.58. The van der Waals surface area contributed by atoms with E-state index in [1.54, 1.807) is 24.3 Å². The Hall–Kier alpha value is -3.95. The maximum Gasteiger partial charge on any atom is 0.342 e. The summed E-state index contributed by atoms with van der Waals surface area (Å²) < 4.78 is 17.0. The molecule has 0 bridgehead atoms. The van der Waals surface area contributed by atoms with Crippen molar-refractivity contribution in [2.24, 2.45) is 5.92 Å². The molecule has 2 aromatic carbocycles. The van der Waals surface area contributed by atoms with Gasteiger partial charge in [-0.2, -0.15) is 4.68 Å². The highest BCUT2D eigenvalue weighted by Crippen LogP contribution is 2.35. The quantitative estimate of drug-likeness (QED) is 0.527. The van der Waals surface area contributed by atoms with Gasteiger partial charge in [0.2, 0.25) is 5.91 Å². The second kappa shape index (κ2) is 10.3. The van der Waals surface area contributed by atoms with Crippen LogP contribution < -0.4 is 20.3 Å². The van der Waals surface area contributed by atoms with Gasteiger partial charge >= 0.3 is 5.97 Å². The van der Waals surface area contributed by atoms with Crippen molar-refractivity contribution in [2.45, 2.75) is 38.8 Å². The second-order valence-corrected chi connectivity index (χ2v) is 8.05. The number of carbonyl (C=O) groups is 2. The minimum absolute atomic E-state index is 0.0728. The highest BCUT2D eigenvalue weighted by Gasteiger charge is 2.25. The molecule has 1 fully saturated rings. The van der Waals surface area contributed by atoms with E-state index in [0.29, 0.717) is 22.4 Å². The van der Waals surface area contributed by atoms with Crippen molar-refractivity contribution in [3.8, 4) is 11.5 Å². The molecule has 0 saturated heterocycles. The van der Waals surface area contributed by atoms with E-state index in [2.05, 4.69) is 15.6 Å². The summed E-state index contributed by atoms with van der Waals surface area (Å²) in [6.45, 7) is -0.445. The molecule has 3 aromatic rings. The molecule has 1 amide bonds. The number of ether oxygens (including phenoxy) is 3. The fourth-order valence-electron chi connectivity index (χ4n) is 4.06. The molecule has 1 aliphatic rings. The average molecular weight is 466 g/mol. The minimum Gasteiger partial charge on any atom is -0.493 e. The lowest BCUT2D eigenvalue weighted by Crippen LogP contribution is -2.27. The molecule has 0 atom stereocenters. The van der Waals surface area contributed by atoms with Crippen LogP contribution in [-0.4, -0.2) is 41.1 Å². The van der Waals surface area contributed by atoms with E-state index in [-0.39, 0.29) is 23.1 Å². The number of carbonyl (C=O) groups excluding carboxylic acids is 2. The fraction of sp³-hybridized carbons (Fsp3) is 0.375. The van der Waals surface area contributed by atoms with Gasteiger partial charge in [0.05, 0.1) is 30.9 Å². The van der Waals surface area contributed by atoms with Crippen LogP contribution in [0.5, 0.6) is 11.5 Å². The number of nitrogens with one attached hydrogen (secondary N) is 1. The summed E-state index contributed by atoms with van der Waals surface area (Å²) in [5.74, 6) is -0.376. The monoisotopic (exact) mass is 466 g/mol. The third-order valence-electron chi connectivity index (χ3n) is 5.92. The first-order valence-electron chi connectivity index (χ1n) is 11.1. The summed E-state index contributed by atoms with van der Waals surface area (Å²) in [4.78, 5) is 38.5. The Morgan fingerprint density at radius 3 is 2.50 bits per heavy atom. The van der Waals surface area contributed by atoms with Crippen LogP contribution in [0.15, 0.2) is 41.2 Å². The maximum atomic E-state index is 13.0. The second-order valence-electron chi connectivity index (χ2n) is 8.05. The van der Waals surface area contributed by atoms with Crippen LogP contribution in [0, 0.1) is 5.92 Å². The molecular formula is C24H26N4O6. The van der Waals surface area contributed by atoms with E-state index in [4.69, 9.17) is 14.2 Å². The molecule has 1 aliphatic carbocycles. The van der Waals surface area contributed by atoms with Crippen molar-refractivity contribution in [1.29, 1.82) is 0 Å². The highest BCUT2D eigenvalue weighted by atomic mass is 16.5. The maximum absolute atomic E-state index is 13.0. The summed E-state index contributed by atoms with van der Waals surface area (Å²) >= 11 is 0. The number of hydrogen-bond acceptors (Lipinski definition) is 8. The largest absolute Gasteiger partial charge is 0.493 e. The molecule has 10 nitrogen and oxygen atoms in total. The van der Waals surface area contributed by atoms with Crippen molar-refractivity contribution in [2.75, 3.05) is 19.5 Å². The summed E-state index contributed by atoms with van der Waals surface area (Å²) in [5.41, 5.74) is 0.331. The van der Waals surface area contributed by atoms with Gasteiger partial charge in [0, 0.05) is 18.1 Å². The van der Waals surface area contributed by atoms with Gasteiger partial charge in [0.15, 0.2) is 18.2 Å². The topological polar surface area (TPSA) is 122 Å². The number of hydrogen-bond donors (Lipinski definition) is 1. The Kier molecular flexibility index (Phi) is 7.05. The van der Waals surface area contributed by atoms with E-state index in [0.717, 1.165) is 36.8 Å². The van der Waals surface area contributed by atoms with Crippen molar-refractivity contribution < 1.29 is 23.8 Å². The molecule has 178 valence electrons. The zero-order chi connectivity index (χ0) is 24.1. The van der Waals surface area contributed by atoms with Crippen LogP contribution in [0.4, 0.5) is 5.69 Å². The molecule has 1 saturated carbocycles. The van der Waals surface area contributed by atoms with Crippen LogP contribution in [-0.2, 0) is 16.3 Å². The van der Waals surface area contributed by atoms with Crippen LogP contribution in [0.3, 0.4) is 0 Å². The summed E-state index contributed by atoms with van der Waals surface area (Å²) in [5, 5.41) is 11.0. The van der Waals surface area contributed by atoms with Crippen LogP contribution in [0.25, 0.3) is 10.9 Å². The normalized spacial score (nSPS) is 13.9. The predicted molar refractivity (Wildman–Crippen MR) is 124 cm³/mol. The summed E-state index contributed by atoms with van der Waals surface area (Å²) in [6, 6.07) is 9.72. The van der Waals surface area contributed by atoms with Crippen molar-refractivity contribution in [1.82, 2.24) is 15.0 Å². The number of nitrogens with zero attached hydrogens (tertiary/aromatic N) is 3. The van der Waals surface area contributed by atoms with Gasteiger partial charge in [-0.1, -0.05) is 36.6 Å². The highest BCUT2D eigenvalue weighted by molar-refractivity contribution is 6.02. The van der Waals surface area contributed by atoms with Gasteiger partial charge in [-0.3, -0.25) is 9.59 Å². The van der Waals surface area contributed by atoms with Gasteiger partial charge in [-0.05, 0) is 25.0 Å². The predicted octanol–water partition coefficient (Wildman–Crippen LogP) is 3.14. The van der Waals surface area contributed by atoms with Crippen molar-refractivity contribution in [3.63, 3.8) is 0 Å². The first-order chi connectivity index (χ1) is 16.5. The van der Waals surface area contributed by atoms with E-state index in [1.807, 2.05) is 0 Å². The SMILES string of the molecule is COc1cc(NC(=O)C2CCCCC2)c(C(=O)OCn2nnc3ccccc3c2=O)cc1OC. The number of esters is 1. The molecule has 34 heavy (non-hydrogen) atoms. The number of anilines is 1. The molecule has 0 radical (unpaired) electrons. The number of benzene rings is 2. The van der Waals surface area contributed by atoms with E-state index >= 15 is 0 Å². The number of fused-ring (bicyclic) bond motifs is 1. The Labute approximate surface area is 195 Å². The molecular weight excluding hydrogens is 440 g/mol. The molecule has 4 rings (SSSR count). The molecule has 1 heterocycles. The van der Waals surface area contributed by atoms with E-state index in [1.165, 1.54) is 26.4 Å². The Morgan fingerprint density at radius 2 is 1.76 bits per heavy atom. The lowest BCUT2D eigenvalue weighted by molar-refractivity contribution is -0.120. The molecule has 10 heteroatoms. The van der Waals surface area contributed by atoms with Gasteiger partial charge in [-0.15, -0.1) is 5.10 Å². The van der Waals surface area contributed by atoms with Gasteiger partial charge < -0.3 is 19.5 Å². The lowest BCUT2D eigenvalue weighted by Gasteiger charge is -2.22. The molecule has 0 unspecified atom stereocenters. The van der Waals surface area contributed by atoms with E-state index in [9.17, 15) is 14.4 Å². The smallest absolute Gasteiger partial charge is 0.342 e. The Morgan fingerprint density at radius 1 is 1.06 bits per heavy atom. The lowest BCUT2D eigenvalue weighted by atomic mass is 9.88. The molecule has 1 aromatic heterocycles. The number of aromatic nitrogens is 3. The molecule has 1 N–H and O–H groups in total. The number of rotatable bonds is 7.